The number of hydrogen-bond acceptors (Lipinski definition) is 5. The van der Waals surface area contributed by atoms with Gasteiger partial charge in [-0.25, -0.2) is 8.42 Å². The number of carbonyl (C=O) groups is 2. The number of carbonyl (C=O) groups excluding carboxylic acids is 2. The Morgan fingerprint density at radius 3 is 1.96 bits per heavy atom. The first-order valence-corrected chi connectivity index (χ1v) is 16.5. The number of ether oxygens (including phenoxy) is 1. The van der Waals surface area contributed by atoms with Crippen molar-refractivity contribution in [1.82, 2.24) is 10.2 Å². The molecule has 8 nitrogen and oxygen atoms in total. The van der Waals surface area contributed by atoms with Crippen LogP contribution in [0, 0.1) is 13.8 Å². The highest BCUT2D eigenvalue weighted by molar-refractivity contribution is 7.92. The van der Waals surface area contributed by atoms with Crippen molar-refractivity contribution in [3.8, 4) is 5.75 Å². The molecule has 0 saturated heterocycles. The van der Waals surface area contributed by atoms with Crippen LogP contribution in [0.2, 0.25) is 0 Å². The summed E-state index contributed by atoms with van der Waals surface area (Å²) in [6.45, 7) is 7.99. The van der Waals surface area contributed by atoms with Crippen molar-refractivity contribution in [2.75, 3.05) is 24.0 Å². The van der Waals surface area contributed by atoms with Crippen LogP contribution in [-0.2, 0) is 32.6 Å². The highest BCUT2D eigenvalue weighted by Crippen LogP contribution is 2.27. The van der Waals surface area contributed by atoms with Crippen LogP contribution in [0.25, 0.3) is 0 Å². The summed E-state index contributed by atoms with van der Waals surface area (Å²) < 4.78 is 35.0. The summed E-state index contributed by atoms with van der Waals surface area (Å²) in [5, 5.41) is 2.88. The molecule has 0 spiro atoms. The summed E-state index contributed by atoms with van der Waals surface area (Å²) in [6.07, 6.45) is 0.262. The molecule has 1 atom stereocenters. The molecule has 0 aliphatic rings. The van der Waals surface area contributed by atoms with Crippen molar-refractivity contribution in [3.63, 3.8) is 0 Å². The maximum absolute atomic E-state index is 14.5. The number of aryl methyl sites for hydroxylation is 2. The van der Waals surface area contributed by atoms with E-state index in [9.17, 15) is 18.0 Å². The summed E-state index contributed by atoms with van der Waals surface area (Å²) in [5.74, 6) is -0.233. The van der Waals surface area contributed by atoms with Gasteiger partial charge in [-0.15, -0.1) is 0 Å². The molecule has 4 aromatic rings. The van der Waals surface area contributed by atoms with Crippen molar-refractivity contribution in [3.05, 3.63) is 125 Å². The third-order valence-electron chi connectivity index (χ3n) is 7.42. The van der Waals surface area contributed by atoms with E-state index in [0.29, 0.717) is 24.6 Å². The second-order valence-corrected chi connectivity index (χ2v) is 12.7. The van der Waals surface area contributed by atoms with E-state index in [1.807, 2.05) is 82.3 Å². The minimum atomic E-state index is -4.17. The largest absolute Gasteiger partial charge is 0.494 e. The van der Waals surface area contributed by atoms with Crippen molar-refractivity contribution >= 4 is 27.5 Å². The zero-order chi connectivity index (χ0) is 32.4. The van der Waals surface area contributed by atoms with E-state index in [2.05, 4.69) is 5.32 Å². The Morgan fingerprint density at radius 1 is 0.778 bits per heavy atom. The Hall–Kier alpha value is -4.63. The number of sulfonamides is 1. The molecule has 0 aliphatic heterocycles. The van der Waals surface area contributed by atoms with Crippen LogP contribution in [0.1, 0.15) is 36.1 Å². The van der Waals surface area contributed by atoms with E-state index in [0.717, 1.165) is 26.6 Å². The zero-order valence-corrected chi connectivity index (χ0v) is 27.1. The van der Waals surface area contributed by atoms with E-state index < -0.39 is 28.5 Å². The molecule has 45 heavy (non-hydrogen) atoms. The lowest BCUT2D eigenvalue weighted by Gasteiger charge is -2.34. The molecule has 1 unspecified atom stereocenters. The molecule has 9 heteroatoms. The first-order chi connectivity index (χ1) is 21.6. The smallest absolute Gasteiger partial charge is 0.264 e. The van der Waals surface area contributed by atoms with E-state index in [1.54, 1.807) is 36.4 Å². The predicted octanol–water partition coefficient (Wildman–Crippen LogP) is 5.67. The Bertz CT molecular complexity index is 1660. The first kappa shape index (κ1) is 33.3. The van der Waals surface area contributed by atoms with Gasteiger partial charge in [-0.05, 0) is 75.2 Å². The maximum atomic E-state index is 14.5. The lowest BCUT2D eigenvalue weighted by atomic mass is 10.0. The van der Waals surface area contributed by atoms with Gasteiger partial charge in [0.1, 0.15) is 18.3 Å². The molecule has 4 aromatic carbocycles. The molecule has 236 valence electrons. The Balaban J connectivity index is 1.79. The van der Waals surface area contributed by atoms with Crippen LogP contribution < -0.4 is 14.4 Å². The monoisotopic (exact) mass is 627 g/mol. The number of hydrogen-bond donors (Lipinski definition) is 1. The van der Waals surface area contributed by atoms with Gasteiger partial charge in [0.05, 0.1) is 17.2 Å². The number of nitrogens with one attached hydrogen (secondary N) is 1. The second-order valence-electron chi connectivity index (χ2n) is 10.9. The average Bonchev–Trinajstić information content (AvgIpc) is 3.03. The standard InChI is InChI=1S/C36H41N3O5S/c1-5-37-36(41)34(24-29-10-8-7-9-11-29)38(25-30-16-12-27(3)13-17-30)35(40)26-39(31-18-20-32(21-19-31)44-6-2)45(42,43)33-22-14-28(4)15-23-33/h7-23,34H,5-6,24-26H2,1-4H3,(H,37,41). The summed E-state index contributed by atoms with van der Waals surface area (Å²) in [6, 6.07) is 29.5. The fourth-order valence-electron chi connectivity index (χ4n) is 4.98. The third kappa shape index (κ3) is 8.73. The molecule has 4 rings (SSSR count). The number of amides is 2. The summed E-state index contributed by atoms with van der Waals surface area (Å²) in [5.41, 5.74) is 3.98. The average molecular weight is 628 g/mol. The minimum absolute atomic E-state index is 0.0597. The summed E-state index contributed by atoms with van der Waals surface area (Å²) in [4.78, 5) is 29.6. The minimum Gasteiger partial charge on any atom is -0.494 e. The van der Waals surface area contributed by atoms with Gasteiger partial charge >= 0.3 is 0 Å². The molecule has 0 bridgehead atoms. The van der Waals surface area contributed by atoms with Gasteiger partial charge in [-0.3, -0.25) is 13.9 Å². The Morgan fingerprint density at radius 2 is 1.38 bits per heavy atom. The van der Waals surface area contributed by atoms with Crippen LogP contribution in [0.3, 0.4) is 0 Å². The zero-order valence-electron chi connectivity index (χ0n) is 26.3. The van der Waals surface area contributed by atoms with Crippen molar-refractivity contribution < 1.29 is 22.7 Å². The van der Waals surface area contributed by atoms with Crippen LogP contribution in [0.5, 0.6) is 5.75 Å². The normalized spacial score (nSPS) is 11.8. The topological polar surface area (TPSA) is 96.0 Å². The SMILES string of the molecule is CCNC(=O)C(Cc1ccccc1)N(Cc1ccc(C)cc1)C(=O)CN(c1ccc(OCC)cc1)S(=O)(=O)c1ccc(C)cc1. The van der Waals surface area contributed by atoms with Crippen LogP contribution in [0.4, 0.5) is 5.69 Å². The second kappa shape index (κ2) is 15.4. The van der Waals surface area contributed by atoms with Gasteiger partial charge in [0.25, 0.3) is 10.0 Å². The van der Waals surface area contributed by atoms with Gasteiger partial charge in [0.2, 0.25) is 11.8 Å². The number of rotatable bonds is 14. The number of nitrogens with zero attached hydrogens (tertiary/aromatic N) is 2. The third-order valence-corrected chi connectivity index (χ3v) is 9.21. The van der Waals surface area contributed by atoms with Gasteiger partial charge in [0.15, 0.2) is 0 Å². The van der Waals surface area contributed by atoms with E-state index in [4.69, 9.17) is 4.74 Å². The van der Waals surface area contributed by atoms with E-state index >= 15 is 0 Å². The summed E-state index contributed by atoms with van der Waals surface area (Å²) in [7, 11) is -4.17. The lowest BCUT2D eigenvalue weighted by molar-refractivity contribution is -0.140. The number of benzene rings is 4. The lowest BCUT2D eigenvalue weighted by Crippen LogP contribution is -2.53. The molecular weight excluding hydrogens is 586 g/mol. The van der Waals surface area contributed by atoms with Gasteiger partial charge in [-0.2, -0.15) is 0 Å². The maximum Gasteiger partial charge on any atom is 0.264 e. The van der Waals surface area contributed by atoms with Crippen molar-refractivity contribution in [2.45, 2.75) is 51.6 Å². The molecule has 0 radical (unpaired) electrons. The molecule has 0 saturated carbocycles. The van der Waals surface area contributed by atoms with Crippen LogP contribution in [0.15, 0.2) is 108 Å². The van der Waals surface area contributed by atoms with E-state index in [1.165, 1.54) is 17.0 Å². The van der Waals surface area contributed by atoms with Crippen LogP contribution >= 0.6 is 0 Å². The predicted molar refractivity (Wildman–Crippen MR) is 178 cm³/mol. The molecule has 2 amide bonds. The van der Waals surface area contributed by atoms with Gasteiger partial charge < -0.3 is 15.0 Å². The quantitative estimate of drug-likeness (QED) is 0.194. The number of anilines is 1. The molecule has 0 aliphatic carbocycles. The highest BCUT2D eigenvalue weighted by Gasteiger charge is 2.34. The van der Waals surface area contributed by atoms with Gasteiger partial charge in [-0.1, -0.05) is 77.9 Å². The number of likely N-dealkylation sites (N-methyl/N-ethyl adjacent to an activating group) is 1. The van der Waals surface area contributed by atoms with Crippen LogP contribution in [-0.4, -0.2) is 50.9 Å². The molecule has 1 N–H and O–H groups in total. The fraction of sp³-hybridized carbons (Fsp3) is 0.278. The Labute approximate surface area is 266 Å². The summed E-state index contributed by atoms with van der Waals surface area (Å²) >= 11 is 0. The fourth-order valence-corrected chi connectivity index (χ4v) is 6.39. The first-order valence-electron chi connectivity index (χ1n) is 15.1. The molecule has 0 fully saturated rings. The van der Waals surface area contributed by atoms with E-state index in [-0.39, 0.29) is 23.8 Å². The molecular formula is C36H41N3O5S. The molecule has 0 aromatic heterocycles. The molecule has 0 heterocycles. The highest BCUT2D eigenvalue weighted by atomic mass is 32.2. The van der Waals surface area contributed by atoms with Crippen molar-refractivity contribution in [1.29, 1.82) is 0 Å². The Kier molecular flexibility index (Phi) is 11.4. The van der Waals surface area contributed by atoms with Gasteiger partial charge in [0, 0.05) is 19.5 Å². The van der Waals surface area contributed by atoms with Crippen molar-refractivity contribution in [2.24, 2.45) is 0 Å².